The normalized spacial score (nSPS) is 21.0. The summed E-state index contributed by atoms with van der Waals surface area (Å²) < 4.78 is 1.99. The zero-order chi connectivity index (χ0) is 16.2. The molecule has 5 nitrogen and oxygen atoms in total. The zero-order valence-electron chi connectivity index (χ0n) is 13.8. The lowest BCUT2D eigenvalue weighted by atomic mass is 9.90. The van der Waals surface area contributed by atoms with E-state index in [2.05, 4.69) is 10.4 Å². The molecule has 5 heteroatoms. The van der Waals surface area contributed by atoms with Gasteiger partial charge in [0.05, 0.1) is 12.1 Å². The summed E-state index contributed by atoms with van der Waals surface area (Å²) in [7, 11) is 3.96. The molecule has 1 saturated carbocycles. The quantitative estimate of drug-likeness (QED) is 0.944. The predicted octanol–water partition coefficient (Wildman–Crippen LogP) is 2.86. The minimum atomic E-state index is -0.00208. The molecule has 1 amide bonds. The van der Waals surface area contributed by atoms with Crippen LogP contribution in [0.2, 0.25) is 0 Å². The second-order valence-electron chi connectivity index (χ2n) is 6.36. The average molecular weight is 312 g/mol. The minimum Gasteiger partial charge on any atom is -0.378 e. The summed E-state index contributed by atoms with van der Waals surface area (Å²) >= 11 is 0. The molecule has 1 aromatic heterocycles. The van der Waals surface area contributed by atoms with E-state index in [1.807, 2.05) is 60.2 Å². The zero-order valence-corrected chi connectivity index (χ0v) is 13.8. The van der Waals surface area contributed by atoms with Gasteiger partial charge in [0.1, 0.15) is 0 Å². The van der Waals surface area contributed by atoms with E-state index in [1.165, 1.54) is 6.42 Å². The highest BCUT2D eigenvalue weighted by Crippen LogP contribution is 2.28. The van der Waals surface area contributed by atoms with E-state index in [0.717, 1.165) is 24.9 Å². The number of nitrogens with zero attached hydrogens (tertiary/aromatic N) is 3. The molecule has 3 rings (SSSR count). The summed E-state index contributed by atoms with van der Waals surface area (Å²) in [5.74, 6) is -0.00208. The Morgan fingerprint density at radius 2 is 2.09 bits per heavy atom. The molecule has 0 spiro atoms. The topological polar surface area (TPSA) is 50.2 Å². The molecule has 0 unspecified atom stereocenters. The van der Waals surface area contributed by atoms with Crippen molar-refractivity contribution < 1.29 is 4.79 Å². The number of carbonyl (C=O) groups excluding carboxylic acids is 1. The Morgan fingerprint density at radius 1 is 1.26 bits per heavy atom. The van der Waals surface area contributed by atoms with Crippen LogP contribution in [0.25, 0.3) is 0 Å². The van der Waals surface area contributed by atoms with Crippen LogP contribution in [0.4, 0.5) is 5.69 Å². The molecule has 0 saturated heterocycles. The van der Waals surface area contributed by atoms with E-state index in [0.29, 0.717) is 5.56 Å². The van der Waals surface area contributed by atoms with Crippen LogP contribution in [-0.4, -0.2) is 35.8 Å². The van der Waals surface area contributed by atoms with E-state index in [9.17, 15) is 4.79 Å². The number of anilines is 1. The van der Waals surface area contributed by atoms with Crippen molar-refractivity contribution >= 4 is 11.6 Å². The molecule has 1 aliphatic carbocycles. The molecule has 0 radical (unpaired) electrons. The van der Waals surface area contributed by atoms with Crippen LogP contribution in [0.5, 0.6) is 0 Å². The standard InChI is InChI=1S/C18H24N4O/c1-21(2)15-8-5-7-14(13-15)18(23)20-16-9-3-4-10-17(16)22-12-6-11-19-22/h5-8,11-13,16-17H,3-4,9-10H2,1-2H3,(H,20,23)/t16-,17+/m1/s1. The number of nitrogens with one attached hydrogen (secondary N) is 1. The summed E-state index contributed by atoms with van der Waals surface area (Å²) in [6.07, 6.45) is 8.19. The van der Waals surface area contributed by atoms with Crippen molar-refractivity contribution in [2.45, 2.75) is 37.8 Å². The highest BCUT2D eigenvalue weighted by Gasteiger charge is 2.28. The number of hydrogen-bond donors (Lipinski definition) is 1. The Hall–Kier alpha value is -2.30. The molecule has 1 heterocycles. The number of carbonyl (C=O) groups is 1. The molecule has 1 aromatic carbocycles. The number of benzene rings is 1. The third kappa shape index (κ3) is 3.55. The fourth-order valence-corrected chi connectivity index (χ4v) is 3.25. The second kappa shape index (κ2) is 6.86. The SMILES string of the molecule is CN(C)c1cccc(C(=O)N[C@@H]2CCCC[C@@H]2n2cccn2)c1. The summed E-state index contributed by atoms with van der Waals surface area (Å²) in [5, 5.41) is 7.59. The van der Waals surface area contributed by atoms with Crippen molar-refractivity contribution in [3.8, 4) is 0 Å². The van der Waals surface area contributed by atoms with Crippen LogP contribution in [0.1, 0.15) is 42.1 Å². The maximum Gasteiger partial charge on any atom is 0.251 e. The fraction of sp³-hybridized carbons (Fsp3) is 0.444. The molecule has 0 bridgehead atoms. The van der Waals surface area contributed by atoms with Gasteiger partial charge in [-0.1, -0.05) is 18.9 Å². The maximum atomic E-state index is 12.6. The monoisotopic (exact) mass is 312 g/mol. The van der Waals surface area contributed by atoms with Gasteiger partial charge in [0.15, 0.2) is 0 Å². The highest BCUT2D eigenvalue weighted by atomic mass is 16.1. The number of amides is 1. The second-order valence-corrected chi connectivity index (χ2v) is 6.36. The summed E-state index contributed by atoms with van der Waals surface area (Å²) in [5.41, 5.74) is 1.74. The van der Waals surface area contributed by atoms with Crippen molar-refractivity contribution in [3.05, 3.63) is 48.3 Å². The van der Waals surface area contributed by atoms with Gasteiger partial charge < -0.3 is 10.2 Å². The Labute approximate surface area is 137 Å². The van der Waals surface area contributed by atoms with Gasteiger partial charge in [0, 0.05) is 37.7 Å². The lowest BCUT2D eigenvalue weighted by Crippen LogP contribution is -2.43. The molecule has 2 aromatic rings. The maximum absolute atomic E-state index is 12.6. The fourth-order valence-electron chi connectivity index (χ4n) is 3.25. The van der Waals surface area contributed by atoms with E-state index in [4.69, 9.17) is 0 Å². The van der Waals surface area contributed by atoms with Crippen LogP contribution in [-0.2, 0) is 0 Å². The van der Waals surface area contributed by atoms with E-state index < -0.39 is 0 Å². The number of rotatable bonds is 4. The molecule has 1 fully saturated rings. The van der Waals surface area contributed by atoms with Gasteiger partial charge >= 0.3 is 0 Å². The third-order valence-electron chi connectivity index (χ3n) is 4.54. The van der Waals surface area contributed by atoms with Crippen molar-refractivity contribution in [3.63, 3.8) is 0 Å². The van der Waals surface area contributed by atoms with Gasteiger partial charge in [0.25, 0.3) is 5.91 Å². The van der Waals surface area contributed by atoms with E-state index >= 15 is 0 Å². The Kier molecular flexibility index (Phi) is 4.65. The Balaban J connectivity index is 1.74. The summed E-state index contributed by atoms with van der Waals surface area (Å²) in [6.45, 7) is 0. The molecule has 0 aliphatic heterocycles. The molecular formula is C18H24N4O. The van der Waals surface area contributed by atoms with Crippen LogP contribution >= 0.6 is 0 Å². The van der Waals surface area contributed by atoms with Gasteiger partial charge in [-0.25, -0.2) is 0 Å². The van der Waals surface area contributed by atoms with E-state index in [-0.39, 0.29) is 18.0 Å². The summed E-state index contributed by atoms with van der Waals surface area (Å²) in [6, 6.07) is 10.1. The van der Waals surface area contributed by atoms with Gasteiger partial charge in [-0.2, -0.15) is 5.10 Å². The first-order valence-corrected chi connectivity index (χ1v) is 8.22. The molecule has 1 aliphatic rings. The number of hydrogen-bond acceptors (Lipinski definition) is 3. The number of aromatic nitrogens is 2. The smallest absolute Gasteiger partial charge is 0.251 e. The lowest BCUT2D eigenvalue weighted by molar-refractivity contribution is 0.0905. The van der Waals surface area contributed by atoms with Crippen molar-refractivity contribution in [1.82, 2.24) is 15.1 Å². The molecule has 122 valence electrons. The van der Waals surface area contributed by atoms with Crippen molar-refractivity contribution in [1.29, 1.82) is 0 Å². The minimum absolute atomic E-state index is 0.00208. The van der Waals surface area contributed by atoms with Gasteiger partial charge in [0.2, 0.25) is 0 Å². The Morgan fingerprint density at radius 3 is 2.83 bits per heavy atom. The molecule has 23 heavy (non-hydrogen) atoms. The van der Waals surface area contributed by atoms with Crippen LogP contribution in [0, 0.1) is 0 Å². The summed E-state index contributed by atoms with van der Waals surface area (Å²) in [4.78, 5) is 14.6. The first-order chi connectivity index (χ1) is 11.1. The van der Waals surface area contributed by atoms with Gasteiger partial charge in [-0.15, -0.1) is 0 Å². The molecule has 1 N–H and O–H groups in total. The van der Waals surface area contributed by atoms with Gasteiger partial charge in [-0.3, -0.25) is 9.48 Å². The van der Waals surface area contributed by atoms with Crippen LogP contribution in [0.3, 0.4) is 0 Å². The van der Waals surface area contributed by atoms with E-state index in [1.54, 1.807) is 6.20 Å². The highest BCUT2D eigenvalue weighted by molar-refractivity contribution is 5.95. The van der Waals surface area contributed by atoms with Crippen LogP contribution in [0.15, 0.2) is 42.7 Å². The predicted molar refractivity (Wildman–Crippen MR) is 91.8 cm³/mol. The van der Waals surface area contributed by atoms with Gasteiger partial charge in [-0.05, 0) is 37.1 Å². The average Bonchev–Trinajstić information content (AvgIpc) is 3.09. The van der Waals surface area contributed by atoms with Crippen molar-refractivity contribution in [2.75, 3.05) is 19.0 Å². The lowest BCUT2D eigenvalue weighted by Gasteiger charge is -2.32. The third-order valence-corrected chi connectivity index (χ3v) is 4.54. The van der Waals surface area contributed by atoms with Crippen molar-refractivity contribution in [2.24, 2.45) is 0 Å². The molecule has 2 atom stereocenters. The largest absolute Gasteiger partial charge is 0.378 e. The first kappa shape index (κ1) is 15.6. The van der Waals surface area contributed by atoms with Crippen LogP contribution < -0.4 is 10.2 Å². The molecular weight excluding hydrogens is 288 g/mol. The first-order valence-electron chi connectivity index (χ1n) is 8.22. The Bertz CT molecular complexity index is 651.